The summed E-state index contributed by atoms with van der Waals surface area (Å²) in [6.45, 7) is 1.22. The van der Waals surface area contributed by atoms with Crippen LogP contribution in [0.5, 0.6) is 0 Å². The van der Waals surface area contributed by atoms with Gasteiger partial charge in [-0.25, -0.2) is 4.98 Å². The van der Waals surface area contributed by atoms with Crippen molar-refractivity contribution in [3.63, 3.8) is 0 Å². The summed E-state index contributed by atoms with van der Waals surface area (Å²) in [6.07, 6.45) is 1.04. The highest BCUT2D eigenvalue weighted by Gasteiger charge is 2.24. The maximum atomic E-state index is 12.3. The van der Waals surface area contributed by atoms with Crippen molar-refractivity contribution in [2.75, 3.05) is 13.1 Å². The van der Waals surface area contributed by atoms with Crippen LogP contribution in [0.2, 0.25) is 0 Å². The van der Waals surface area contributed by atoms with Gasteiger partial charge in [0.2, 0.25) is 0 Å². The monoisotopic (exact) mass is 288 g/mol. The lowest BCUT2D eigenvalue weighted by Gasteiger charge is -2.28. The molecule has 20 heavy (non-hydrogen) atoms. The summed E-state index contributed by atoms with van der Waals surface area (Å²) in [5, 5.41) is 12.2. The van der Waals surface area contributed by atoms with Crippen LogP contribution in [-0.4, -0.2) is 40.1 Å². The van der Waals surface area contributed by atoms with E-state index in [9.17, 15) is 9.90 Å². The summed E-state index contributed by atoms with van der Waals surface area (Å²) >= 11 is 1.49. The van der Waals surface area contributed by atoms with Crippen molar-refractivity contribution in [2.45, 2.75) is 18.9 Å². The van der Waals surface area contributed by atoms with E-state index in [1.54, 1.807) is 4.90 Å². The molecule has 104 valence electrons. The molecule has 0 aliphatic carbocycles. The first-order chi connectivity index (χ1) is 9.74. The minimum absolute atomic E-state index is 0.0321. The second kappa shape index (κ2) is 5.73. The van der Waals surface area contributed by atoms with Gasteiger partial charge in [0.25, 0.3) is 5.91 Å². The van der Waals surface area contributed by atoms with E-state index in [0.717, 1.165) is 10.6 Å². The van der Waals surface area contributed by atoms with Crippen molar-refractivity contribution in [3.8, 4) is 10.6 Å². The fourth-order valence-electron chi connectivity index (χ4n) is 2.32. The number of amides is 1. The lowest BCUT2D eigenvalue weighted by Crippen LogP contribution is -2.40. The highest BCUT2D eigenvalue weighted by Crippen LogP contribution is 2.24. The van der Waals surface area contributed by atoms with Crippen molar-refractivity contribution < 1.29 is 9.90 Å². The van der Waals surface area contributed by atoms with Gasteiger partial charge in [-0.05, 0) is 12.8 Å². The number of hydrogen-bond acceptors (Lipinski definition) is 4. The van der Waals surface area contributed by atoms with E-state index in [4.69, 9.17) is 0 Å². The molecule has 1 amide bonds. The Bertz CT molecular complexity index is 589. The van der Waals surface area contributed by atoms with Crippen LogP contribution in [0.3, 0.4) is 0 Å². The zero-order valence-electron chi connectivity index (χ0n) is 11.0. The topological polar surface area (TPSA) is 53.4 Å². The smallest absolute Gasteiger partial charge is 0.273 e. The molecule has 0 unspecified atom stereocenters. The molecule has 1 fully saturated rings. The molecule has 0 radical (unpaired) electrons. The van der Waals surface area contributed by atoms with E-state index in [0.29, 0.717) is 31.6 Å². The average molecular weight is 288 g/mol. The molecule has 0 bridgehead atoms. The second-order valence-electron chi connectivity index (χ2n) is 4.93. The highest BCUT2D eigenvalue weighted by atomic mass is 32.1. The predicted molar refractivity (Wildman–Crippen MR) is 78.7 cm³/mol. The molecule has 1 saturated heterocycles. The van der Waals surface area contributed by atoms with E-state index in [1.807, 2.05) is 35.7 Å². The number of carbonyl (C=O) groups is 1. The maximum absolute atomic E-state index is 12.3. The van der Waals surface area contributed by atoms with Gasteiger partial charge in [0, 0.05) is 24.0 Å². The summed E-state index contributed by atoms with van der Waals surface area (Å²) < 4.78 is 0. The molecule has 1 aliphatic heterocycles. The van der Waals surface area contributed by atoms with E-state index >= 15 is 0 Å². The quantitative estimate of drug-likeness (QED) is 0.923. The Labute approximate surface area is 121 Å². The van der Waals surface area contributed by atoms with E-state index in [-0.39, 0.29) is 12.0 Å². The van der Waals surface area contributed by atoms with Crippen LogP contribution in [0.15, 0.2) is 35.7 Å². The zero-order chi connectivity index (χ0) is 13.9. The minimum atomic E-state index is -0.269. The summed E-state index contributed by atoms with van der Waals surface area (Å²) in [7, 11) is 0. The molecule has 2 heterocycles. The molecule has 1 N–H and O–H groups in total. The SMILES string of the molecule is O=C(c1csc(-c2ccccc2)n1)N1CCC(O)CC1. The summed E-state index contributed by atoms with van der Waals surface area (Å²) in [5.41, 5.74) is 1.54. The molecule has 2 aromatic rings. The van der Waals surface area contributed by atoms with Gasteiger partial charge in [-0.15, -0.1) is 11.3 Å². The molecule has 0 saturated carbocycles. The second-order valence-corrected chi connectivity index (χ2v) is 5.79. The van der Waals surface area contributed by atoms with Crippen LogP contribution >= 0.6 is 11.3 Å². The van der Waals surface area contributed by atoms with Crippen molar-refractivity contribution in [2.24, 2.45) is 0 Å². The zero-order valence-corrected chi connectivity index (χ0v) is 11.8. The van der Waals surface area contributed by atoms with Gasteiger partial charge in [0.15, 0.2) is 0 Å². The van der Waals surface area contributed by atoms with Crippen molar-refractivity contribution in [1.82, 2.24) is 9.88 Å². The number of hydrogen-bond donors (Lipinski definition) is 1. The first-order valence-corrected chi connectivity index (χ1v) is 7.60. The van der Waals surface area contributed by atoms with Crippen LogP contribution in [0.1, 0.15) is 23.3 Å². The fourth-order valence-corrected chi connectivity index (χ4v) is 3.12. The van der Waals surface area contributed by atoms with Gasteiger partial charge < -0.3 is 10.0 Å². The fraction of sp³-hybridized carbons (Fsp3) is 0.333. The van der Waals surface area contributed by atoms with Crippen LogP contribution < -0.4 is 0 Å². The third kappa shape index (κ3) is 2.73. The molecule has 0 atom stereocenters. The highest BCUT2D eigenvalue weighted by molar-refractivity contribution is 7.13. The van der Waals surface area contributed by atoms with Crippen LogP contribution in [0.25, 0.3) is 10.6 Å². The number of rotatable bonds is 2. The Morgan fingerprint density at radius 2 is 1.95 bits per heavy atom. The first kappa shape index (κ1) is 13.3. The predicted octanol–water partition coefficient (Wildman–Crippen LogP) is 2.41. The standard InChI is InChI=1S/C15H16N2O2S/c18-12-6-8-17(9-7-12)15(19)13-10-20-14(16-13)11-4-2-1-3-5-11/h1-5,10,12,18H,6-9H2. The Balaban J connectivity index is 1.75. The summed E-state index contributed by atoms with van der Waals surface area (Å²) in [6, 6.07) is 9.87. The Morgan fingerprint density at radius 1 is 1.25 bits per heavy atom. The van der Waals surface area contributed by atoms with Gasteiger partial charge in [0.05, 0.1) is 6.10 Å². The van der Waals surface area contributed by atoms with Gasteiger partial charge in [-0.1, -0.05) is 30.3 Å². The Morgan fingerprint density at radius 3 is 2.65 bits per heavy atom. The average Bonchev–Trinajstić information content (AvgIpc) is 2.98. The number of aromatic nitrogens is 1. The number of benzene rings is 1. The number of thiazole rings is 1. The number of aliphatic hydroxyl groups excluding tert-OH is 1. The first-order valence-electron chi connectivity index (χ1n) is 6.72. The molecule has 1 aromatic carbocycles. The number of aliphatic hydroxyl groups is 1. The molecule has 0 spiro atoms. The van der Waals surface area contributed by atoms with Crippen molar-refractivity contribution in [1.29, 1.82) is 0 Å². The lowest BCUT2D eigenvalue weighted by atomic mass is 10.1. The third-order valence-electron chi connectivity index (χ3n) is 3.50. The molecule has 5 heteroatoms. The molecular formula is C15H16N2O2S. The molecular weight excluding hydrogens is 272 g/mol. The molecule has 4 nitrogen and oxygen atoms in total. The third-order valence-corrected chi connectivity index (χ3v) is 4.39. The normalized spacial score (nSPS) is 16.4. The van der Waals surface area contributed by atoms with Gasteiger partial charge in [-0.3, -0.25) is 4.79 Å². The van der Waals surface area contributed by atoms with E-state index in [2.05, 4.69) is 4.98 Å². The van der Waals surface area contributed by atoms with Gasteiger partial charge >= 0.3 is 0 Å². The summed E-state index contributed by atoms with van der Waals surface area (Å²) in [5.74, 6) is -0.0321. The number of carbonyl (C=O) groups excluding carboxylic acids is 1. The summed E-state index contributed by atoms with van der Waals surface area (Å²) in [4.78, 5) is 18.6. The number of nitrogens with zero attached hydrogens (tertiary/aromatic N) is 2. The van der Waals surface area contributed by atoms with Gasteiger partial charge in [-0.2, -0.15) is 0 Å². The molecule has 3 rings (SSSR count). The lowest BCUT2D eigenvalue weighted by molar-refractivity contribution is 0.0542. The maximum Gasteiger partial charge on any atom is 0.273 e. The molecule has 1 aromatic heterocycles. The largest absolute Gasteiger partial charge is 0.393 e. The van der Waals surface area contributed by atoms with Crippen molar-refractivity contribution in [3.05, 3.63) is 41.4 Å². The van der Waals surface area contributed by atoms with Crippen LogP contribution in [0, 0.1) is 0 Å². The van der Waals surface area contributed by atoms with E-state index in [1.165, 1.54) is 11.3 Å². The number of piperidine rings is 1. The number of likely N-dealkylation sites (tertiary alicyclic amines) is 1. The van der Waals surface area contributed by atoms with Crippen LogP contribution in [0.4, 0.5) is 0 Å². The van der Waals surface area contributed by atoms with E-state index < -0.39 is 0 Å². The van der Waals surface area contributed by atoms with Crippen molar-refractivity contribution >= 4 is 17.2 Å². The van der Waals surface area contributed by atoms with Gasteiger partial charge in [0.1, 0.15) is 10.7 Å². The Hall–Kier alpha value is -1.72. The minimum Gasteiger partial charge on any atom is -0.393 e. The Kier molecular flexibility index (Phi) is 3.80. The molecule has 1 aliphatic rings. The van der Waals surface area contributed by atoms with Crippen LogP contribution in [-0.2, 0) is 0 Å².